The molecule has 0 aromatic rings. The summed E-state index contributed by atoms with van der Waals surface area (Å²) in [6.45, 7) is 6.60. The van der Waals surface area contributed by atoms with Crippen LogP contribution < -0.4 is 5.73 Å². The lowest BCUT2D eigenvalue weighted by atomic mass is 9.99. The molecule has 0 aliphatic rings. The highest BCUT2D eigenvalue weighted by Gasteiger charge is 1.99. The van der Waals surface area contributed by atoms with Gasteiger partial charge in [-0.15, -0.1) is 0 Å². The van der Waals surface area contributed by atoms with E-state index < -0.39 is 0 Å². The Morgan fingerprint density at radius 3 is 2.50 bits per heavy atom. The third-order valence-electron chi connectivity index (χ3n) is 2.18. The molecule has 0 heterocycles. The Hall–Kier alpha value is -0.720. The van der Waals surface area contributed by atoms with E-state index in [2.05, 4.69) is 26.8 Å². The van der Waals surface area contributed by atoms with Gasteiger partial charge in [0.25, 0.3) is 0 Å². The van der Waals surface area contributed by atoms with E-state index in [1.165, 1.54) is 12.0 Å². The Balaban J connectivity index is 3.97. The quantitative estimate of drug-likeness (QED) is 0.625. The average Bonchev–Trinajstić information content (AvgIpc) is 2.11. The zero-order chi connectivity index (χ0) is 9.40. The van der Waals surface area contributed by atoms with Gasteiger partial charge in [-0.3, -0.25) is 0 Å². The normalized spacial score (nSPS) is 15.4. The minimum atomic E-state index is 0.671. The summed E-state index contributed by atoms with van der Waals surface area (Å²) in [4.78, 5) is 0. The van der Waals surface area contributed by atoms with Gasteiger partial charge in [0.05, 0.1) is 0 Å². The van der Waals surface area contributed by atoms with Gasteiger partial charge in [0.15, 0.2) is 0 Å². The van der Waals surface area contributed by atoms with Crippen LogP contribution in [0.25, 0.3) is 0 Å². The van der Waals surface area contributed by atoms with Gasteiger partial charge in [0.2, 0.25) is 0 Å². The van der Waals surface area contributed by atoms with Crippen molar-refractivity contribution in [2.75, 3.05) is 0 Å². The van der Waals surface area contributed by atoms with Crippen LogP contribution in [-0.2, 0) is 0 Å². The first-order valence-corrected chi connectivity index (χ1v) is 4.78. The van der Waals surface area contributed by atoms with Gasteiger partial charge >= 0.3 is 0 Å². The van der Waals surface area contributed by atoms with Crippen molar-refractivity contribution in [1.82, 2.24) is 0 Å². The van der Waals surface area contributed by atoms with Crippen LogP contribution in [0.1, 0.15) is 40.0 Å². The van der Waals surface area contributed by atoms with Gasteiger partial charge < -0.3 is 5.73 Å². The van der Waals surface area contributed by atoms with E-state index in [1.54, 1.807) is 6.20 Å². The lowest BCUT2D eigenvalue weighted by Crippen LogP contribution is -1.94. The van der Waals surface area contributed by atoms with E-state index >= 15 is 0 Å². The summed E-state index contributed by atoms with van der Waals surface area (Å²) in [6.07, 6.45) is 9.46. The van der Waals surface area contributed by atoms with Crippen LogP contribution >= 0.6 is 0 Å². The summed E-state index contributed by atoms with van der Waals surface area (Å²) in [5.74, 6) is 0.671. The maximum Gasteiger partial charge on any atom is -0.0103 e. The molecule has 70 valence electrons. The lowest BCUT2D eigenvalue weighted by molar-refractivity contribution is 0.631. The van der Waals surface area contributed by atoms with Crippen LogP contribution in [0.2, 0.25) is 0 Å². The van der Waals surface area contributed by atoms with Gasteiger partial charge in [-0.2, -0.15) is 0 Å². The fourth-order valence-electron chi connectivity index (χ4n) is 1.13. The Morgan fingerprint density at radius 1 is 1.42 bits per heavy atom. The molecule has 0 fully saturated rings. The first-order chi connectivity index (χ1) is 5.74. The van der Waals surface area contributed by atoms with Gasteiger partial charge in [0, 0.05) is 0 Å². The van der Waals surface area contributed by atoms with Gasteiger partial charge in [-0.05, 0) is 38.3 Å². The second-order valence-corrected chi connectivity index (χ2v) is 3.20. The molecule has 0 spiro atoms. The predicted molar refractivity (Wildman–Crippen MR) is 55.8 cm³/mol. The van der Waals surface area contributed by atoms with Crippen LogP contribution in [0.4, 0.5) is 0 Å². The molecule has 1 nitrogen and oxygen atoms in total. The van der Waals surface area contributed by atoms with Gasteiger partial charge in [-0.1, -0.05) is 31.6 Å². The van der Waals surface area contributed by atoms with Crippen molar-refractivity contribution in [3.8, 4) is 0 Å². The summed E-state index contributed by atoms with van der Waals surface area (Å²) in [5, 5.41) is 0. The first kappa shape index (κ1) is 11.3. The summed E-state index contributed by atoms with van der Waals surface area (Å²) in [7, 11) is 0. The Morgan fingerprint density at radius 2 is 2.08 bits per heavy atom. The van der Waals surface area contributed by atoms with E-state index in [0.29, 0.717) is 5.92 Å². The number of hydrogen-bond donors (Lipinski definition) is 1. The first-order valence-electron chi connectivity index (χ1n) is 4.78. The largest absolute Gasteiger partial charge is 0.405 e. The van der Waals surface area contributed by atoms with E-state index in [9.17, 15) is 0 Å². The maximum atomic E-state index is 5.29. The van der Waals surface area contributed by atoms with Crippen molar-refractivity contribution in [2.45, 2.75) is 40.0 Å². The molecule has 1 atom stereocenters. The fraction of sp³-hybridized carbons (Fsp3) is 0.636. The molecule has 0 unspecified atom stereocenters. The van der Waals surface area contributed by atoms with Crippen molar-refractivity contribution in [3.63, 3.8) is 0 Å². The molecule has 12 heavy (non-hydrogen) atoms. The molecular formula is C11H21N. The second kappa shape index (κ2) is 6.96. The summed E-state index contributed by atoms with van der Waals surface area (Å²) in [5.41, 5.74) is 6.77. The Labute approximate surface area is 76.3 Å². The monoisotopic (exact) mass is 167 g/mol. The van der Waals surface area contributed by atoms with Crippen LogP contribution in [0.15, 0.2) is 23.9 Å². The maximum absolute atomic E-state index is 5.29. The fourth-order valence-corrected chi connectivity index (χ4v) is 1.13. The molecule has 0 aliphatic heterocycles. The van der Waals surface area contributed by atoms with E-state index in [0.717, 1.165) is 12.8 Å². The molecule has 0 aromatic carbocycles. The highest BCUT2D eigenvalue weighted by atomic mass is 14.5. The number of allylic oxidation sites excluding steroid dienone is 3. The zero-order valence-corrected chi connectivity index (χ0v) is 8.51. The molecule has 2 N–H and O–H groups in total. The van der Waals surface area contributed by atoms with E-state index in [1.807, 2.05) is 6.08 Å². The summed E-state index contributed by atoms with van der Waals surface area (Å²) in [6, 6.07) is 0. The highest BCUT2D eigenvalue weighted by molar-refractivity contribution is 5.01. The van der Waals surface area contributed by atoms with Crippen LogP contribution in [-0.4, -0.2) is 0 Å². The highest BCUT2D eigenvalue weighted by Crippen LogP contribution is 2.14. The van der Waals surface area contributed by atoms with Crippen molar-refractivity contribution in [3.05, 3.63) is 23.9 Å². The SMILES string of the molecule is CC/C(C)=C\[C@@H](CC)C/C=C\N. The summed E-state index contributed by atoms with van der Waals surface area (Å²) >= 11 is 0. The average molecular weight is 167 g/mol. The van der Waals surface area contributed by atoms with Gasteiger partial charge in [0.1, 0.15) is 0 Å². The topological polar surface area (TPSA) is 26.0 Å². The number of hydrogen-bond acceptors (Lipinski definition) is 1. The van der Waals surface area contributed by atoms with E-state index in [-0.39, 0.29) is 0 Å². The van der Waals surface area contributed by atoms with Crippen LogP contribution in [0.5, 0.6) is 0 Å². The third kappa shape index (κ3) is 5.00. The van der Waals surface area contributed by atoms with Crippen molar-refractivity contribution >= 4 is 0 Å². The minimum absolute atomic E-state index is 0.671. The third-order valence-corrected chi connectivity index (χ3v) is 2.18. The Kier molecular flexibility index (Phi) is 6.54. The van der Waals surface area contributed by atoms with E-state index in [4.69, 9.17) is 5.73 Å². The van der Waals surface area contributed by atoms with Crippen LogP contribution in [0, 0.1) is 5.92 Å². The smallest absolute Gasteiger partial charge is 0.0103 e. The van der Waals surface area contributed by atoms with Crippen molar-refractivity contribution < 1.29 is 0 Å². The molecule has 0 rings (SSSR count). The van der Waals surface area contributed by atoms with Crippen molar-refractivity contribution in [2.24, 2.45) is 11.7 Å². The second-order valence-electron chi connectivity index (χ2n) is 3.20. The Bertz CT molecular complexity index is 156. The molecule has 0 radical (unpaired) electrons. The zero-order valence-electron chi connectivity index (χ0n) is 8.51. The predicted octanol–water partition coefficient (Wildman–Crippen LogP) is 3.23. The molecule has 0 saturated carbocycles. The molecule has 1 heteroatoms. The molecule has 0 aromatic heterocycles. The lowest BCUT2D eigenvalue weighted by Gasteiger charge is -2.07. The van der Waals surface area contributed by atoms with Crippen molar-refractivity contribution in [1.29, 1.82) is 0 Å². The summed E-state index contributed by atoms with van der Waals surface area (Å²) < 4.78 is 0. The number of nitrogens with two attached hydrogens (primary N) is 1. The molecular weight excluding hydrogens is 146 g/mol. The van der Waals surface area contributed by atoms with Crippen LogP contribution in [0.3, 0.4) is 0 Å². The van der Waals surface area contributed by atoms with Gasteiger partial charge in [-0.25, -0.2) is 0 Å². The minimum Gasteiger partial charge on any atom is -0.405 e. The molecule has 0 saturated heterocycles. The standard InChI is InChI=1S/C11H21N/c1-4-10(3)9-11(5-2)7-6-8-12/h6,8-9,11H,4-5,7,12H2,1-3H3/b8-6-,10-9-/t11-/m0/s1. The molecule has 0 bridgehead atoms. The molecule has 0 aliphatic carbocycles. The number of rotatable bonds is 5. The molecule has 0 amide bonds.